The molecule has 120 valence electrons. The second-order valence-electron chi connectivity index (χ2n) is 5.80. The first-order valence-corrected chi connectivity index (χ1v) is 8.91. The van der Waals surface area contributed by atoms with E-state index in [0.717, 1.165) is 30.2 Å². The lowest BCUT2D eigenvalue weighted by atomic mass is 10.1. The summed E-state index contributed by atoms with van der Waals surface area (Å²) in [6, 6.07) is 1.84. The van der Waals surface area contributed by atoms with Crippen LogP contribution in [0.3, 0.4) is 0 Å². The van der Waals surface area contributed by atoms with Crippen LogP contribution in [0.15, 0.2) is 58.6 Å². The van der Waals surface area contributed by atoms with Gasteiger partial charge in [0, 0.05) is 18.1 Å². The molecule has 0 fully saturated rings. The summed E-state index contributed by atoms with van der Waals surface area (Å²) in [5.41, 5.74) is 4.35. The molecule has 0 bridgehead atoms. The molecule has 3 heteroatoms. The fraction of sp³-hybridized carbons (Fsp3) is 0.474. The SMILES string of the molecule is CC(C)=CCC/C(C)=C/CC/C(C)=C/CSc1ncccn1. The van der Waals surface area contributed by atoms with Crippen molar-refractivity contribution in [2.45, 2.75) is 58.5 Å². The van der Waals surface area contributed by atoms with Crippen molar-refractivity contribution in [1.29, 1.82) is 0 Å². The van der Waals surface area contributed by atoms with Crippen LogP contribution in [0.2, 0.25) is 0 Å². The zero-order chi connectivity index (χ0) is 16.2. The highest BCUT2D eigenvalue weighted by atomic mass is 32.2. The maximum Gasteiger partial charge on any atom is 0.187 e. The van der Waals surface area contributed by atoms with Gasteiger partial charge in [0.2, 0.25) is 0 Å². The minimum Gasteiger partial charge on any atom is -0.231 e. The number of nitrogens with zero attached hydrogens (tertiary/aromatic N) is 2. The highest BCUT2D eigenvalue weighted by Crippen LogP contribution is 2.15. The molecule has 0 aliphatic rings. The molecule has 0 radical (unpaired) electrons. The van der Waals surface area contributed by atoms with E-state index in [0.29, 0.717) is 0 Å². The van der Waals surface area contributed by atoms with Gasteiger partial charge in [0.25, 0.3) is 0 Å². The topological polar surface area (TPSA) is 25.8 Å². The van der Waals surface area contributed by atoms with Gasteiger partial charge in [-0.3, -0.25) is 0 Å². The second-order valence-corrected chi connectivity index (χ2v) is 6.79. The van der Waals surface area contributed by atoms with Crippen LogP contribution in [0.1, 0.15) is 53.4 Å². The van der Waals surface area contributed by atoms with Crippen LogP contribution >= 0.6 is 11.8 Å². The van der Waals surface area contributed by atoms with E-state index < -0.39 is 0 Å². The Labute approximate surface area is 139 Å². The second kappa shape index (κ2) is 11.2. The van der Waals surface area contributed by atoms with Crippen LogP contribution in [-0.4, -0.2) is 15.7 Å². The molecule has 0 atom stereocenters. The minimum atomic E-state index is 0.849. The molecule has 0 aliphatic carbocycles. The molecule has 1 heterocycles. The molecule has 1 aromatic rings. The molecule has 0 aliphatic heterocycles. The van der Waals surface area contributed by atoms with Gasteiger partial charge in [-0.25, -0.2) is 9.97 Å². The van der Waals surface area contributed by atoms with Gasteiger partial charge in [0.15, 0.2) is 5.16 Å². The Balaban J connectivity index is 2.22. The molecule has 0 N–H and O–H groups in total. The maximum atomic E-state index is 4.21. The normalized spacial score (nSPS) is 12.4. The molecule has 1 rings (SSSR count). The third-order valence-corrected chi connectivity index (χ3v) is 4.11. The van der Waals surface area contributed by atoms with Gasteiger partial charge >= 0.3 is 0 Å². The van der Waals surface area contributed by atoms with E-state index in [1.807, 2.05) is 6.07 Å². The lowest BCUT2D eigenvalue weighted by Crippen LogP contribution is -1.85. The van der Waals surface area contributed by atoms with Crippen molar-refractivity contribution in [3.63, 3.8) is 0 Å². The molecule has 0 amide bonds. The summed E-state index contributed by atoms with van der Waals surface area (Å²) in [4.78, 5) is 8.42. The highest BCUT2D eigenvalue weighted by molar-refractivity contribution is 7.99. The lowest BCUT2D eigenvalue weighted by Gasteiger charge is -2.01. The predicted octanol–water partition coefficient (Wildman–Crippen LogP) is 5.99. The molecule has 0 spiro atoms. The first-order valence-electron chi connectivity index (χ1n) is 7.92. The van der Waals surface area contributed by atoms with Crippen molar-refractivity contribution in [2.24, 2.45) is 0 Å². The molecule has 1 aromatic heterocycles. The number of hydrogen-bond acceptors (Lipinski definition) is 3. The summed E-state index contributed by atoms with van der Waals surface area (Å²) < 4.78 is 0. The van der Waals surface area contributed by atoms with E-state index in [9.17, 15) is 0 Å². The summed E-state index contributed by atoms with van der Waals surface area (Å²) in [6.07, 6.45) is 15.2. The van der Waals surface area contributed by atoms with E-state index in [4.69, 9.17) is 0 Å². The number of hydrogen-bond donors (Lipinski definition) is 0. The number of rotatable bonds is 9. The zero-order valence-electron chi connectivity index (χ0n) is 14.3. The Kier molecular flexibility index (Phi) is 9.56. The van der Waals surface area contributed by atoms with Gasteiger partial charge in [-0.2, -0.15) is 0 Å². The minimum absolute atomic E-state index is 0.849. The Bertz CT molecular complexity index is 511. The average Bonchev–Trinajstić information content (AvgIpc) is 2.48. The number of aromatic nitrogens is 2. The third kappa shape index (κ3) is 9.56. The van der Waals surface area contributed by atoms with E-state index in [1.54, 1.807) is 24.2 Å². The van der Waals surface area contributed by atoms with Crippen molar-refractivity contribution >= 4 is 11.8 Å². The van der Waals surface area contributed by atoms with E-state index >= 15 is 0 Å². The summed E-state index contributed by atoms with van der Waals surface area (Å²) in [6.45, 7) is 8.76. The first kappa shape index (κ1) is 18.7. The maximum absolute atomic E-state index is 4.21. The van der Waals surface area contributed by atoms with Gasteiger partial charge in [0.05, 0.1) is 0 Å². The zero-order valence-corrected chi connectivity index (χ0v) is 15.1. The standard InChI is InChI=1S/C19H28N2S/c1-16(2)8-5-9-17(3)10-6-11-18(4)12-15-22-19-20-13-7-14-21-19/h7-8,10,12-14H,5-6,9,11,15H2,1-4H3/b17-10+,18-12+. The van der Waals surface area contributed by atoms with Crippen LogP contribution in [0.4, 0.5) is 0 Å². The van der Waals surface area contributed by atoms with Crippen molar-refractivity contribution in [3.05, 3.63) is 53.4 Å². The quantitative estimate of drug-likeness (QED) is 0.318. The number of thioether (sulfide) groups is 1. The molecule has 2 nitrogen and oxygen atoms in total. The molecule has 0 saturated carbocycles. The Morgan fingerprint density at radius 1 is 0.909 bits per heavy atom. The van der Waals surface area contributed by atoms with Gasteiger partial charge in [-0.15, -0.1) is 0 Å². The van der Waals surface area contributed by atoms with Gasteiger partial charge in [-0.05, 0) is 59.4 Å². The van der Waals surface area contributed by atoms with Gasteiger partial charge in [-0.1, -0.05) is 46.7 Å². The van der Waals surface area contributed by atoms with Crippen LogP contribution in [0.25, 0.3) is 0 Å². The summed E-state index contributed by atoms with van der Waals surface area (Å²) in [7, 11) is 0. The van der Waals surface area contributed by atoms with Crippen LogP contribution in [0, 0.1) is 0 Å². The fourth-order valence-corrected chi connectivity index (χ4v) is 2.74. The fourth-order valence-electron chi connectivity index (χ4n) is 1.96. The van der Waals surface area contributed by atoms with Crippen molar-refractivity contribution in [1.82, 2.24) is 9.97 Å². The van der Waals surface area contributed by atoms with E-state index in [1.165, 1.54) is 23.1 Å². The third-order valence-electron chi connectivity index (χ3n) is 3.31. The first-order chi connectivity index (χ1) is 10.6. The number of allylic oxidation sites excluding steroid dienone is 5. The molecule has 0 aromatic carbocycles. The van der Waals surface area contributed by atoms with E-state index in [2.05, 4.69) is 55.9 Å². The summed E-state index contributed by atoms with van der Waals surface area (Å²) in [5.74, 6) is 0.944. The highest BCUT2D eigenvalue weighted by Gasteiger charge is 1.95. The summed E-state index contributed by atoms with van der Waals surface area (Å²) in [5, 5.41) is 0.849. The monoisotopic (exact) mass is 316 g/mol. The van der Waals surface area contributed by atoms with Gasteiger partial charge < -0.3 is 0 Å². The van der Waals surface area contributed by atoms with Crippen molar-refractivity contribution in [3.8, 4) is 0 Å². The van der Waals surface area contributed by atoms with Crippen molar-refractivity contribution < 1.29 is 0 Å². The van der Waals surface area contributed by atoms with Crippen LogP contribution in [0.5, 0.6) is 0 Å². The van der Waals surface area contributed by atoms with Crippen molar-refractivity contribution in [2.75, 3.05) is 5.75 Å². The summed E-state index contributed by atoms with van der Waals surface area (Å²) >= 11 is 1.68. The molecule has 22 heavy (non-hydrogen) atoms. The molecular formula is C19H28N2S. The largest absolute Gasteiger partial charge is 0.231 e. The average molecular weight is 317 g/mol. The van der Waals surface area contributed by atoms with Crippen LogP contribution < -0.4 is 0 Å². The van der Waals surface area contributed by atoms with E-state index in [-0.39, 0.29) is 0 Å². The molecule has 0 saturated heterocycles. The Morgan fingerprint density at radius 2 is 1.50 bits per heavy atom. The smallest absolute Gasteiger partial charge is 0.187 e. The molecule has 0 unspecified atom stereocenters. The Morgan fingerprint density at radius 3 is 2.14 bits per heavy atom. The molecular weight excluding hydrogens is 288 g/mol. The van der Waals surface area contributed by atoms with Crippen LogP contribution in [-0.2, 0) is 0 Å². The van der Waals surface area contributed by atoms with Gasteiger partial charge in [0.1, 0.15) is 0 Å². The lowest BCUT2D eigenvalue weighted by molar-refractivity contribution is 0.917. The Hall–Kier alpha value is -1.35. The predicted molar refractivity (Wildman–Crippen MR) is 98.2 cm³/mol.